The summed E-state index contributed by atoms with van der Waals surface area (Å²) in [4.78, 5) is 12.8. The minimum atomic E-state index is 0.151. The van der Waals surface area contributed by atoms with Gasteiger partial charge in [0.2, 0.25) is 5.91 Å². The highest BCUT2D eigenvalue weighted by Gasteiger charge is 2.05. The van der Waals surface area contributed by atoms with E-state index < -0.39 is 0 Å². The number of carbonyl (C=O) groups is 1. The lowest BCUT2D eigenvalue weighted by molar-refractivity contribution is -0.121. The van der Waals surface area contributed by atoms with Gasteiger partial charge in [-0.05, 0) is 31.2 Å². The molecule has 0 saturated carbocycles. The fraction of sp³-hybridized carbons (Fsp3) is 0.545. The van der Waals surface area contributed by atoms with Crippen LogP contribution < -0.4 is 5.32 Å². The molecule has 0 aliphatic rings. The van der Waals surface area contributed by atoms with Crippen molar-refractivity contribution >= 4 is 33.2 Å². The molecule has 4 heteroatoms. The van der Waals surface area contributed by atoms with Gasteiger partial charge >= 0.3 is 0 Å². The standard InChI is InChI=1S/C11H16BrNOS/c1-9(8-12)13-11(14)6-2-4-10-5-3-7-15-10/h3,5,7,9H,2,4,6,8H2,1H3,(H,13,14). The van der Waals surface area contributed by atoms with Crippen LogP contribution in [0.4, 0.5) is 0 Å². The normalized spacial score (nSPS) is 12.4. The van der Waals surface area contributed by atoms with Crippen molar-refractivity contribution < 1.29 is 4.79 Å². The van der Waals surface area contributed by atoms with Gasteiger partial charge in [0, 0.05) is 22.7 Å². The Labute approximate surface area is 103 Å². The maximum atomic E-state index is 11.4. The maximum Gasteiger partial charge on any atom is 0.220 e. The van der Waals surface area contributed by atoms with Gasteiger partial charge in [0.1, 0.15) is 0 Å². The number of nitrogens with one attached hydrogen (secondary N) is 1. The third-order valence-corrected chi connectivity index (χ3v) is 3.95. The average molecular weight is 290 g/mol. The summed E-state index contributed by atoms with van der Waals surface area (Å²) in [6.45, 7) is 1.99. The highest BCUT2D eigenvalue weighted by Crippen LogP contribution is 2.11. The second kappa shape index (κ2) is 7.01. The summed E-state index contributed by atoms with van der Waals surface area (Å²) in [5.41, 5.74) is 0. The third-order valence-electron chi connectivity index (χ3n) is 2.05. The van der Waals surface area contributed by atoms with Gasteiger partial charge in [0.25, 0.3) is 0 Å². The fourth-order valence-electron chi connectivity index (χ4n) is 1.26. The molecule has 1 aromatic heterocycles. The molecule has 1 aromatic rings. The summed E-state index contributed by atoms with van der Waals surface area (Å²) in [6.07, 6.45) is 2.56. The number of thiophene rings is 1. The predicted octanol–water partition coefficient (Wildman–Crippen LogP) is 2.97. The summed E-state index contributed by atoms with van der Waals surface area (Å²) < 4.78 is 0. The number of halogens is 1. The first-order valence-corrected chi connectivity index (χ1v) is 7.10. The molecule has 1 rings (SSSR count). The molecule has 0 aromatic carbocycles. The molecule has 84 valence electrons. The van der Waals surface area contributed by atoms with Crippen molar-refractivity contribution in [2.45, 2.75) is 32.2 Å². The number of hydrogen-bond acceptors (Lipinski definition) is 2. The Morgan fingerprint density at radius 1 is 1.67 bits per heavy atom. The van der Waals surface area contributed by atoms with E-state index in [0.717, 1.165) is 18.2 Å². The van der Waals surface area contributed by atoms with Crippen molar-refractivity contribution in [2.75, 3.05) is 5.33 Å². The van der Waals surface area contributed by atoms with Crippen LogP contribution in [0.25, 0.3) is 0 Å². The molecule has 0 spiro atoms. The van der Waals surface area contributed by atoms with E-state index >= 15 is 0 Å². The largest absolute Gasteiger partial charge is 0.353 e. The van der Waals surface area contributed by atoms with Crippen molar-refractivity contribution in [2.24, 2.45) is 0 Å². The van der Waals surface area contributed by atoms with Gasteiger partial charge in [0.15, 0.2) is 0 Å². The van der Waals surface area contributed by atoms with E-state index in [1.165, 1.54) is 4.88 Å². The van der Waals surface area contributed by atoms with Crippen molar-refractivity contribution in [3.05, 3.63) is 22.4 Å². The number of amides is 1. The Kier molecular flexibility index (Phi) is 5.95. The van der Waals surface area contributed by atoms with Crippen LogP contribution in [-0.4, -0.2) is 17.3 Å². The zero-order valence-electron chi connectivity index (χ0n) is 8.83. The van der Waals surface area contributed by atoms with Gasteiger partial charge in [-0.15, -0.1) is 11.3 Å². The van der Waals surface area contributed by atoms with Crippen LogP contribution in [0.5, 0.6) is 0 Å². The Morgan fingerprint density at radius 3 is 3.07 bits per heavy atom. The van der Waals surface area contributed by atoms with Crippen molar-refractivity contribution in [1.82, 2.24) is 5.32 Å². The van der Waals surface area contributed by atoms with Gasteiger partial charge in [-0.1, -0.05) is 22.0 Å². The molecule has 1 amide bonds. The lowest BCUT2D eigenvalue weighted by Gasteiger charge is -2.09. The Hall–Kier alpha value is -0.350. The lowest BCUT2D eigenvalue weighted by atomic mass is 10.2. The summed E-state index contributed by atoms with van der Waals surface area (Å²) in [7, 11) is 0. The molecule has 1 unspecified atom stereocenters. The first-order chi connectivity index (χ1) is 7.22. The molecule has 2 nitrogen and oxygen atoms in total. The minimum absolute atomic E-state index is 0.151. The quantitative estimate of drug-likeness (QED) is 0.802. The molecule has 0 bridgehead atoms. The molecule has 1 heterocycles. The SMILES string of the molecule is CC(CBr)NC(=O)CCCc1cccs1. The minimum Gasteiger partial charge on any atom is -0.353 e. The Balaban J connectivity index is 2.12. The van der Waals surface area contributed by atoms with Crippen molar-refractivity contribution in [3.8, 4) is 0 Å². The molecule has 0 fully saturated rings. The smallest absolute Gasteiger partial charge is 0.220 e. The molecule has 0 radical (unpaired) electrons. The molecule has 1 atom stereocenters. The molecule has 0 aliphatic heterocycles. The van der Waals surface area contributed by atoms with E-state index in [1.54, 1.807) is 11.3 Å². The molecule has 15 heavy (non-hydrogen) atoms. The van der Waals surface area contributed by atoms with Crippen molar-refractivity contribution in [3.63, 3.8) is 0 Å². The topological polar surface area (TPSA) is 29.1 Å². The van der Waals surface area contributed by atoms with Crippen LogP contribution in [0.2, 0.25) is 0 Å². The number of rotatable bonds is 6. The highest BCUT2D eigenvalue weighted by atomic mass is 79.9. The lowest BCUT2D eigenvalue weighted by Crippen LogP contribution is -2.33. The van der Waals surface area contributed by atoms with Gasteiger partial charge in [-0.2, -0.15) is 0 Å². The van der Waals surface area contributed by atoms with E-state index in [1.807, 2.05) is 13.0 Å². The maximum absolute atomic E-state index is 11.4. The molecular formula is C11H16BrNOS. The van der Waals surface area contributed by atoms with Crippen LogP contribution >= 0.6 is 27.3 Å². The second-order valence-electron chi connectivity index (χ2n) is 3.56. The second-order valence-corrected chi connectivity index (χ2v) is 5.24. The molecule has 1 N–H and O–H groups in total. The van der Waals surface area contributed by atoms with Crippen LogP contribution in [0.1, 0.15) is 24.6 Å². The molecular weight excluding hydrogens is 274 g/mol. The van der Waals surface area contributed by atoms with Gasteiger partial charge in [-0.3, -0.25) is 4.79 Å². The van der Waals surface area contributed by atoms with E-state index in [0.29, 0.717) is 6.42 Å². The summed E-state index contributed by atoms with van der Waals surface area (Å²) in [5, 5.41) is 5.81. The fourth-order valence-corrected chi connectivity index (χ4v) is 2.18. The Bertz CT molecular complexity index is 287. The molecule has 0 saturated heterocycles. The monoisotopic (exact) mass is 289 g/mol. The van der Waals surface area contributed by atoms with Crippen LogP contribution in [0.15, 0.2) is 17.5 Å². The van der Waals surface area contributed by atoms with Gasteiger partial charge in [0.05, 0.1) is 0 Å². The number of alkyl halides is 1. The Morgan fingerprint density at radius 2 is 2.47 bits per heavy atom. The summed E-state index contributed by atoms with van der Waals surface area (Å²) >= 11 is 5.08. The van der Waals surface area contributed by atoms with Crippen LogP contribution in [-0.2, 0) is 11.2 Å². The van der Waals surface area contributed by atoms with Gasteiger partial charge in [-0.25, -0.2) is 0 Å². The van der Waals surface area contributed by atoms with Crippen LogP contribution in [0, 0.1) is 0 Å². The van der Waals surface area contributed by atoms with E-state index in [9.17, 15) is 4.79 Å². The number of aryl methyl sites for hydroxylation is 1. The first kappa shape index (κ1) is 12.7. The van der Waals surface area contributed by atoms with Gasteiger partial charge < -0.3 is 5.32 Å². The highest BCUT2D eigenvalue weighted by molar-refractivity contribution is 9.09. The third kappa shape index (κ3) is 5.33. The molecule has 0 aliphatic carbocycles. The summed E-state index contributed by atoms with van der Waals surface area (Å²) in [5.74, 6) is 0.151. The summed E-state index contributed by atoms with van der Waals surface area (Å²) in [6, 6.07) is 4.38. The van der Waals surface area contributed by atoms with E-state index in [4.69, 9.17) is 0 Å². The number of carbonyl (C=O) groups excluding carboxylic acids is 1. The average Bonchev–Trinajstić information content (AvgIpc) is 2.70. The van der Waals surface area contributed by atoms with E-state index in [2.05, 4.69) is 32.7 Å². The zero-order valence-corrected chi connectivity index (χ0v) is 11.2. The zero-order chi connectivity index (χ0) is 11.1. The first-order valence-electron chi connectivity index (χ1n) is 5.10. The predicted molar refractivity (Wildman–Crippen MR) is 68.7 cm³/mol. The van der Waals surface area contributed by atoms with Crippen LogP contribution in [0.3, 0.4) is 0 Å². The van der Waals surface area contributed by atoms with E-state index in [-0.39, 0.29) is 11.9 Å². The van der Waals surface area contributed by atoms with Crippen molar-refractivity contribution in [1.29, 1.82) is 0 Å². The number of hydrogen-bond donors (Lipinski definition) is 1.